The van der Waals surface area contributed by atoms with Crippen LogP contribution < -0.4 is 0 Å². The second kappa shape index (κ2) is 6.77. The van der Waals surface area contributed by atoms with Gasteiger partial charge in [0.15, 0.2) is 0 Å². The maximum atomic E-state index is 11.6. The van der Waals surface area contributed by atoms with E-state index in [9.17, 15) is 14.7 Å². The number of hydrogen-bond acceptors (Lipinski definition) is 2. The molecule has 0 amide bonds. The Balaban J connectivity index is 2.07. The summed E-state index contributed by atoms with van der Waals surface area (Å²) in [7, 11) is 0. The molecule has 1 aromatic rings. The van der Waals surface area contributed by atoms with Gasteiger partial charge in [0.25, 0.3) is 0 Å². The summed E-state index contributed by atoms with van der Waals surface area (Å²) in [5.74, 6) is -1.93. The molecule has 1 aliphatic rings. The van der Waals surface area contributed by atoms with E-state index in [-0.39, 0.29) is 5.57 Å². The molecule has 4 heteroatoms. The number of hydrogen-bond donors (Lipinski definition) is 2. The molecule has 1 aromatic carbocycles. The Hall–Kier alpha value is -2.10. The summed E-state index contributed by atoms with van der Waals surface area (Å²) in [6.07, 6.45) is 5.38. The lowest BCUT2D eigenvalue weighted by Crippen LogP contribution is -2.27. The highest BCUT2D eigenvalue weighted by Crippen LogP contribution is 2.40. The van der Waals surface area contributed by atoms with Crippen molar-refractivity contribution in [1.29, 1.82) is 0 Å². The zero-order valence-electron chi connectivity index (χ0n) is 12.8. The van der Waals surface area contributed by atoms with E-state index in [1.165, 1.54) is 11.6 Å². The molecule has 2 N–H and O–H groups in total. The predicted molar refractivity (Wildman–Crippen MR) is 83.8 cm³/mol. The fourth-order valence-electron chi connectivity index (χ4n) is 3.01. The first kappa shape index (κ1) is 16.3. The zero-order chi connectivity index (χ0) is 16.2. The summed E-state index contributed by atoms with van der Waals surface area (Å²) in [6.45, 7) is 2.14. The molecular weight excluding hydrogens is 280 g/mol. The number of aliphatic carboxylic acids is 2. The van der Waals surface area contributed by atoms with Crippen LogP contribution in [0.5, 0.6) is 0 Å². The van der Waals surface area contributed by atoms with Crippen LogP contribution in [0.15, 0.2) is 35.9 Å². The van der Waals surface area contributed by atoms with Crippen LogP contribution in [-0.4, -0.2) is 22.2 Å². The minimum atomic E-state index is -1.03. The molecule has 1 unspecified atom stereocenters. The second-order valence-electron chi connectivity index (χ2n) is 6.00. The van der Waals surface area contributed by atoms with Gasteiger partial charge in [-0.3, -0.25) is 4.79 Å². The molecule has 0 aromatic heterocycles. The van der Waals surface area contributed by atoms with E-state index >= 15 is 0 Å². The van der Waals surface area contributed by atoms with Gasteiger partial charge in [0.2, 0.25) is 0 Å². The third-order valence-corrected chi connectivity index (χ3v) is 4.41. The fourth-order valence-corrected chi connectivity index (χ4v) is 3.01. The number of carbonyl (C=O) groups is 2. The molecule has 118 valence electrons. The van der Waals surface area contributed by atoms with Gasteiger partial charge in [-0.1, -0.05) is 43.7 Å². The van der Waals surface area contributed by atoms with E-state index in [0.717, 1.165) is 18.4 Å². The van der Waals surface area contributed by atoms with Crippen molar-refractivity contribution < 1.29 is 19.8 Å². The van der Waals surface area contributed by atoms with Gasteiger partial charge < -0.3 is 10.2 Å². The Kier molecular flexibility index (Phi) is 5.01. The van der Waals surface area contributed by atoms with E-state index in [0.29, 0.717) is 25.7 Å². The van der Waals surface area contributed by atoms with Crippen LogP contribution >= 0.6 is 0 Å². The molecule has 0 saturated heterocycles. The molecule has 0 aliphatic heterocycles. The van der Waals surface area contributed by atoms with Crippen molar-refractivity contribution >= 4 is 11.9 Å². The largest absolute Gasteiger partial charge is 0.481 e. The van der Waals surface area contributed by atoms with Crippen LogP contribution in [0.2, 0.25) is 0 Å². The van der Waals surface area contributed by atoms with Crippen molar-refractivity contribution in [3.8, 4) is 0 Å². The van der Waals surface area contributed by atoms with Crippen LogP contribution in [0.25, 0.3) is 0 Å². The summed E-state index contributed by atoms with van der Waals surface area (Å²) < 4.78 is 0. The SMILES string of the molecule is CCCc1ccc(CCC2(C(=O)O)C=C(C(=O)O)CC2)cc1. The van der Waals surface area contributed by atoms with E-state index in [2.05, 4.69) is 19.1 Å². The Morgan fingerprint density at radius 2 is 1.68 bits per heavy atom. The minimum absolute atomic E-state index is 0.223. The van der Waals surface area contributed by atoms with Gasteiger partial charge >= 0.3 is 11.9 Å². The van der Waals surface area contributed by atoms with Crippen molar-refractivity contribution in [3.63, 3.8) is 0 Å². The third-order valence-electron chi connectivity index (χ3n) is 4.41. The minimum Gasteiger partial charge on any atom is -0.481 e. The second-order valence-corrected chi connectivity index (χ2v) is 6.00. The highest BCUT2D eigenvalue weighted by atomic mass is 16.4. The number of aryl methyl sites for hydroxylation is 2. The molecule has 0 saturated carbocycles. The molecule has 0 spiro atoms. The van der Waals surface area contributed by atoms with Crippen LogP contribution in [0.4, 0.5) is 0 Å². The maximum Gasteiger partial charge on any atom is 0.331 e. The highest BCUT2D eigenvalue weighted by molar-refractivity contribution is 5.90. The van der Waals surface area contributed by atoms with E-state index in [1.54, 1.807) is 0 Å². The standard InChI is InChI=1S/C18H22O4/c1-2-3-13-4-6-14(7-5-13)8-10-18(17(21)22)11-9-15(12-18)16(19)20/h4-7,12H,2-3,8-11H2,1H3,(H,19,20)(H,21,22). The van der Waals surface area contributed by atoms with Crippen LogP contribution in [0.3, 0.4) is 0 Å². The molecule has 1 aliphatic carbocycles. The van der Waals surface area contributed by atoms with Crippen molar-refractivity contribution in [3.05, 3.63) is 47.0 Å². The Labute approximate surface area is 130 Å². The summed E-state index contributed by atoms with van der Waals surface area (Å²) in [6, 6.07) is 8.24. The lowest BCUT2D eigenvalue weighted by atomic mass is 9.81. The normalized spacial score (nSPS) is 20.7. The lowest BCUT2D eigenvalue weighted by molar-refractivity contribution is -0.146. The van der Waals surface area contributed by atoms with Crippen LogP contribution in [0.1, 0.15) is 43.7 Å². The number of carboxylic acid groups (broad SMARTS) is 2. The average Bonchev–Trinajstić information content (AvgIpc) is 2.93. The fraction of sp³-hybridized carbons (Fsp3) is 0.444. The zero-order valence-corrected chi connectivity index (χ0v) is 12.8. The van der Waals surface area contributed by atoms with Crippen molar-refractivity contribution in [1.82, 2.24) is 0 Å². The summed E-state index contributed by atoms with van der Waals surface area (Å²) in [5.41, 5.74) is 1.57. The molecule has 0 radical (unpaired) electrons. The van der Waals surface area contributed by atoms with E-state index in [4.69, 9.17) is 5.11 Å². The first-order valence-corrected chi connectivity index (χ1v) is 7.73. The van der Waals surface area contributed by atoms with Gasteiger partial charge in [-0.25, -0.2) is 4.79 Å². The first-order valence-electron chi connectivity index (χ1n) is 7.73. The van der Waals surface area contributed by atoms with E-state index in [1.807, 2.05) is 12.1 Å². The Morgan fingerprint density at radius 1 is 1.09 bits per heavy atom. The average molecular weight is 302 g/mol. The number of carboxylic acids is 2. The molecule has 4 nitrogen and oxygen atoms in total. The van der Waals surface area contributed by atoms with Gasteiger partial charge in [-0.15, -0.1) is 0 Å². The summed E-state index contributed by atoms with van der Waals surface area (Å²) >= 11 is 0. The summed E-state index contributed by atoms with van der Waals surface area (Å²) in [5, 5.41) is 18.6. The Morgan fingerprint density at radius 3 is 2.14 bits per heavy atom. The lowest BCUT2D eigenvalue weighted by Gasteiger charge is -2.21. The van der Waals surface area contributed by atoms with Crippen molar-refractivity contribution in [2.75, 3.05) is 0 Å². The monoisotopic (exact) mass is 302 g/mol. The third kappa shape index (κ3) is 3.56. The maximum absolute atomic E-state index is 11.6. The van der Waals surface area contributed by atoms with Crippen LogP contribution in [-0.2, 0) is 22.4 Å². The topological polar surface area (TPSA) is 74.6 Å². The molecule has 0 heterocycles. The molecule has 22 heavy (non-hydrogen) atoms. The van der Waals surface area contributed by atoms with Gasteiger partial charge in [0.05, 0.1) is 5.41 Å². The quantitative estimate of drug-likeness (QED) is 0.809. The first-order chi connectivity index (χ1) is 10.5. The molecule has 2 rings (SSSR count). The summed E-state index contributed by atoms with van der Waals surface area (Å²) in [4.78, 5) is 22.6. The van der Waals surface area contributed by atoms with Crippen LogP contribution in [0, 0.1) is 5.41 Å². The molecule has 1 atom stereocenters. The molecular formula is C18H22O4. The van der Waals surface area contributed by atoms with Gasteiger partial charge in [-0.05, 0) is 43.2 Å². The van der Waals surface area contributed by atoms with Gasteiger partial charge in [0.1, 0.15) is 0 Å². The van der Waals surface area contributed by atoms with Crippen molar-refractivity contribution in [2.45, 2.75) is 45.4 Å². The number of benzene rings is 1. The Bertz CT molecular complexity index is 586. The predicted octanol–water partition coefficient (Wildman–Crippen LogP) is 3.45. The van der Waals surface area contributed by atoms with E-state index < -0.39 is 17.4 Å². The molecule has 0 fully saturated rings. The highest BCUT2D eigenvalue weighted by Gasteiger charge is 2.41. The smallest absolute Gasteiger partial charge is 0.331 e. The number of rotatable bonds is 7. The van der Waals surface area contributed by atoms with Crippen molar-refractivity contribution in [2.24, 2.45) is 5.41 Å². The molecule has 0 bridgehead atoms. The van der Waals surface area contributed by atoms with Gasteiger partial charge in [0, 0.05) is 5.57 Å². The van der Waals surface area contributed by atoms with Gasteiger partial charge in [-0.2, -0.15) is 0 Å².